The number of nitrogens with zero attached hydrogens (tertiary/aromatic N) is 1. The van der Waals surface area contributed by atoms with Crippen LogP contribution in [0.5, 0.6) is 0 Å². The molecule has 1 aliphatic heterocycles. The Bertz CT molecular complexity index is 575. The van der Waals surface area contributed by atoms with Crippen molar-refractivity contribution >= 4 is 0 Å². The molecule has 0 aromatic heterocycles. The molecule has 0 aromatic carbocycles. The third kappa shape index (κ3) is 25.5. The first-order chi connectivity index (χ1) is 19.2. The van der Waals surface area contributed by atoms with E-state index < -0.39 is 0 Å². The maximum Gasteiger partial charge on any atom is 0.239 e. The van der Waals surface area contributed by atoms with Crippen molar-refractivity contribution in [2.75, 3.05) is 20.6 Å². The van der Waals surface area contributed by atoms with Crippen molar-refractivity contribution in [2.45, 2.75) is 167 Å². The van der Waals surface area contributed by atoms with Crippen LogP contribution in [0.3, 0.4) is 0 Å². The van der Waals surface area contributed by atoms with E-state index in [-0.39, 0.29) is 6.29 Å². The molecule has 3 nitrogen and oxygen atoms in total. The zero-order valence-electron chi connectivity index (χ0n) is 26.6. The normalized spacial score (nSPS) is 14.7. The minimum Gasteiger partial charge on any atom is -0.459 e. The van der Waals surface area contributed by atoms with Gasteiger partial charge in [-0.1, -0.05) is 128 Å². The topological polar surface area (TPSA) is 21.7 Å². The summed E-state index contributed by atoms with van der Waals surface area (Å²) in [7, 11) is 4.42. The Kier molecular flexibility index (Phi) is 26.0. The van der Waals surface area contributed by atoms with Crippen molar-refractivity contribution in [2.24, 2.45) is 5.92 Å². The van der Waals surface area contributed by atoms with Crippen molar-refractivity contribution in [3.05, 3.63) is 36.8 Å². The quantitative estimate of drug-likeness (QED) is 0.0689. The molecule has 1 unspecified atom stereocenters. The first-order valence-corrected chi connectivity index (χ1v) is 17.1. The minimum absolute atomic E-state index is 0.0160. The highest BCUT2D eigenvalue weighted by Crippen LogP contribution is 2.24. The largest absolute Gasteiger partial charge is 0.459 e. The van der Waals surface area contributed by atoms with Gasteiger partial charge in [0.05, 0.1) is 0 Å². The third-order valence-electron chi connectivity index (χ3n) is 8.10. The zero-order valence-corrected chi connectivity index (χ0v) is 26.6. The lowest BCUT2D eigenvalue weighted by atomic mass is 9.90. The molecule has 0 radical (unpaired) electrons. The Balaban J connectivity index is 1.97. The molecule has 0 aromatic rings. The highest BCUT2D eigenvalue weighted by atomic mass is 16.7. The van der Waals surface area contributed by atoms with Crippen LogP contribution in [-0.2, 0) is 9.47 Å². The molecule has 39 heavy (non-hydrogen) atoms. The van der Waals surface area contributed by atoms with Gasteiger partial charge in [0.25, 0.3) is 0 Å². The molecule has 1 heterocycles. The van der Waals surface area contributed by atoms with Gasteiger partial charge in [-0.25, -0.2) is 0 Å². The summed E-state index contributed by atoms with van der Waals surface area (Å²) in [5.74, 6) is 0.951. The van der Waals surface area contributed by atoms with E-state index in [0.717, 1.165) is 18.8 Å². The Morgan fingerprint density at radius 3 is 1.64 bits per heavy atom. The summed E-state index contributed by atoms with van der Waals surface area (Å²) in [6.45, 7) is 3.51. The highest BCUT2D eigenvalue weighted by Gasteiger charge is 2.11. The second kappa shape index (κ2) is 28.3. The first kappa shape index (κ1) is 35.8. The van der Waals surface area contributed by atoms with Crippen molar-refractivity contribution in [3.8, 4) is 0 Å². The number of hydrogen-bond acceptors (Lipinski definition) is 3. The number of rotatable bonds is 29. The average Bonchev–Trinajstić information content (AvgIpc) is 3.45. The fourth-order valence-electron chi connectivity index (χ4n) is 5.59. The zero-order chi connectivity index (χ0) is 28.1. The van der Waals surface area contributed by atoms with Gasteiger partial charge >= 0.3 is 0 Å². The lowest BCUT2D eigenvalue weighted by Gasteiger charge is -2.18. The van der Waals surface area contributed by atoms with Gasteiger partial charge in [-0.05, 0) is 77.9 Å². The fourth-order valence-corrected chi connectivity index (χ4v) is 5.59. The molecule has 0 saturated heterocycles. The molecule has 1 atom stereocenters. The molecule has 0 fully saturated rings. The molecule has 0 spiro atoms. The fraction of sp³-hybridized carbons (Fsp3) is 0.833. The van der Waals surface area contributed by atoms with Gasteiger partial charge in [0.15, 0.2) is 0 Å². The molecule has 0 saturated carbocycles. The van der Waals surface area contributed by atoms with Gasteiger partial charge in [0.2, 0.25) is 6.29 Å². The van der Waals surface area contributed by atoms with E-state index >= 15 is 0 Å². The van der Waals surface area contributed by atoms with E-state index in [4.69, 9.17) is 9.47 Å². The molecular weight excluding hydrogens is 478 g/mol. The lowest BCUT2D eigenvalue weighted by Crippen LogP contribution is -2.14. The van der Waals surface area contributed by atoms with E-state index in [2.05, 4.69) is 50.2 Å². The van der Waals surface area contributed by atoms with E-state index in [1.807, 2.05) is 0 Å². The van der Waals surface area contributed by atoms with Gasteiger partial charge in [0, 0.05) is 6.42 Å². The minimum atomic E-state index is -0.0160. The maximum absolute atomic E-state index is 5.36. The Labute approximate surface area is 244 Å². The molecule has 0 amide bonds. The first-order valence-electron chi connectivity index (χ1n) is 17.1. The van der Waals surface area contributed by atoms with Crippen LogP contribution in [0.25, 0.3) is 0 Å². The Morgan fingerprint density at radius 2 is 1.08 bits per heavy atom. The van der Waals surface area contributed by atoms with Crippen LogP contribution < -0.4 is 0 Å². The monoisotopic (exact) mass is 546 g/mol. The lowest BCUT2D eigenvalue weighted by molar-refractivity contribution is -0.0295. The highest BCUT2D eigenvalue weighted by molar-refractivity contribution is 4.92. The molecule has 0 N–H and O–H groups in total. The average molecular weight is 546 g/mol. The van der Waals surface area contributed by atoms with Crippen molar-refractivity contribution in [1.82, 2.24) is 4.90 Å². The van der Waals surface area contributed by atoms with Gasteiger partial charge in [-0.3, -0.25) is 0 Å². The van der Waals surface area contributed by atoms with Crippen molar-refractivity contribution in [3.63, 3.8) is 0 Å². The van der Waals surface area contributed by atoms with E-state index in [1.165, 1.54) is 148 Å². The summed E-state index contributed by atoms with van der Waals surface area (Å²) >= 11 is 0. The molecule has 228 valence electrons. The van der Waals surface area contributed by atoms with Gasteiger partial charge < -0.3 is 14.4 Å². The second-order valence-electron chi connectivity index (χ2n) is 12.2. The molecule has 1 rings (SSSR count). The van der Waals surface area contributed by atoms with Crippen LogP contribution in [0.2, 0.25) is 0 Å². The maximum atomic E-state index is 5.36. The van der Waals surface area contributed by atoms with E-state index in [9.17, 15) is 0 Å². The number of ether oxygens (including phenoxy) is 2. The number of hydrogen-bond donors (Lipinski definition) is 0. The number of unbranched alkanes of at least 4 members (excludes halogenated alkanes) is 15. The smallest absolute Gasteiger partial charge is 0.239 e. The van der Waals surface area contributed by atoms with Crippen LogP contribution in [-0.4, -0.2) is 31.8 Å². The summed E-state index contributed by atoms with van der Waals surface area (Å²) in [4.78, 5) is 2.34. The summed E-state index contributed by atoms with van der Waals surface area (Å²) in [5, 5.41) is 0. The Morgan fingerprint density at radius 1 is 0.590 bits per heavy atom. The molecular formula is C36H67NO2. The SMILES string of the molecule is CCCCC/C=C\C/C=C\CCCCCCCCCC(CCCCCCCCC1OC=CO1)CCCN(C)C. The molecule has 0 bridgehead atoms. The second-order valence-corrected chi connectivity index (χ2v) is 12.2. The van der Waals surface area contributed by atoms with Gasteiger partial charge in [-0.2, -0.15) is 0 Å². The standard InChI is InChI=1S/C36H67NO2/c1-4-5-6-7-8-9-10-11-12-13-14-15-16-17-18-21-24-28-35(30-27-32-37(2)3)29-25-22-19-20-23-26-31-36-38-33-34-39-36/h8-9,11-12,33-36H,4-7,10,13-32H2,1-3H3/b9-8-,12-11-. The van der Waals surface area contributed by atoms with Crippen molar-refractivity contribution < 1.29 is 9.47 Å². The predicted molar refractivity (Wildman–Crippen MR) is 172 cm³/mol. The molecule has 3 heteroatoms. The van der Waals surface area contributed by atoms with E-state index in [1.54, 1.807) is 12.5 Å². The van der Waals surface area contributed by atoms with Crippen LogP contribution in [0.4, 0.5) is 0 Å². The van der Waals surface area contributed by atoms with E-state index in [0.29, 0.717) is 0 Å². The molecule has 1 aliphatic rings. The van der Waals surface area contributed by atoms with Crippen LogP contribution in [0.15, 0.2) is 36.8 Å². The number of allylic oxidation sites excluding steroid dienone is 4. The summed E-state index contributed by atoms with van der Waals surface area (Å²) < 4.78 is 10.7. The third-order valence-corrected chi connectivity index (χ3v) is 8.10. The van der Waals surface area contributed by atoms with Crippen LogP contribution >= 0.6 is 0 Å². The van der Waals surface area contributed by atoms with Crippen LogP contribution in [0.1, 0.15) is 161 Å². The van der Waals surface area contributed by atoms with Crippen LogP contribution in [0, 0.1) is 5.92 Å². The van der Waals surface area contributed by atoms with Crippen molar-refractivity contribution in [1.29, 1.82) is 0 Å². The summed E-state index contributed by atoms with van der Waals surface area (Å²) in [6, 6.07) is 0. The Hall–Kier alpha value is -1.22. The molecule has 0 aliphatic carbocycles. The summed E-state index contributed by atoms with van der Waals surface area (Å²) in [5.41, 5.74) is 0. The van der Waals surface area contributed by atoms with Gasteiger partial charge in [0.1, 0.15) is 12.5 Å². The summed E-state index contributed by atoms with van der Waals surface area (Å²) in [6.07, 6.45) is 45.2. The van der Waals surface area contributed by atoms with Gasteiger partial charge in [-0.15, -0.1) is 0 Å². The predicted octanol–water partition coefficient (Wildman–Crippen LogP) is 11.5.